The summed E-state index contributed by atoms with van der Waals surface area (Å²) in [4.78, 5) is 0. The minimum Gasteiger partial charge on any atom is -0.317 e. The Hall–Kier alpha value is -0.0400. The van der Waals surface area contributed by atoms with Crippen LogP contribution in [-0.2, 0) is 0 Å². The topological polar surface area (TPSA) is 12.0 Å². The summed E-state index contributed by atoms with van der Waals surface area (Å²) in [6, 6.07) is 0. The van der Waals surface area contributed by atoms with E-state index in [1.54, 1.807) is 0 Å². The molecule has 1 spiro atoms. The molecule has 0 aromatic carbocycles. The molecule has 0 aromatic heterocycles. The molecule has 13 heavy (non-hydrogen) atoms. The molecule has 76 valence electrons. The van der Waals surface area contributed by atoms with E-state index in [4.69, 9.17) is 0 Å². The van der Waals surface area contributed by atoms with E-state index in [9.17, 15) is 0 Å². The maximum absolute atomic E-state index is 3.49. The first-order chi connectivity index (χ1) is 6.23. The van der Waals surface area contributed by atoms with Gasteiger partial charge in [-0.3, -0.25) is 0 Å². The van der Waals surface area contributed by atoms with Gasteiger partial charge in [0.05, 0.1) is 0 Å². The van der Waals surface area contributed by atoms with Crippen molar-refractivity contribution >= 4 is 0 Å². The number of piperidine rings is 1. The Morgan fingerprint density at radius 3 is 2.46 bits per heavy atom. The molecular weight excluding hydrogens is 158 g/mol. The van der Waals surface area contributed by atoms with Crippen LogP contribution < -0.4 is 5.32 Å². The van der Waals surface area contributed by atoms with Gasteiger partial charge in [-0.05, 0) is 56.0 Å². The number of rotatable bonds is 0. The predicted octanol–water partition coefficient (Wildman–Crippen LogP) is 2.81. The van der Waals surface area contributed by atoms with Crippen molar-refractivity contribution in [1.29, 1.82) is 0 Å². The van der Waals surface area contributed by atoms with E-state index in [0.717, 1.165) is 17.3 Å². The molecule has 1 nitrogen and oxygen atoms in total. The third-order valence-corrected chi connectivity index (χ3v) is 4.49. The number of hydrogen-bond acceptors (Lipinski definition) is 1. The lowest BCUT2D eigenvalue weighted by atomic mass is 9.60. The molecule has 0 bridgehead atoms. The van der Waals surface area contributed by atoms with Crippen molar-refractivity contribution in [2.45, 2.75) is 46.0 Å². The Bertz CT molecular complexity index is 170. The lowest BCUT2D eigenvalue weighted by Crippen LogP contribution is -2.44. The largest absolute Gasteiger partial charge is 0.317 e. The minimum atomic E-state index is 0.725. The molecule has 1 saturated carbocycles. The lowest BCUT2D eigenvalue weighted by Gasteiger charge is -2.48. The minimum absolute atomic E-state index is 0.725. The second-order valence-electron chi connectivity index (χ2n) is 5.40. The molecule has 0 amide bonds. The highest BCUT2D eigenvalue weighted by molar-refractivity contribution is 4.92. The summed E-state index contributed by atoms with van der Waals surface area (Å²) in [7, 11) is 0. The van der Waals surface area contributed by atoms with E-state index in [2.05, 4.69) is 19.2 Å². The van der Waals surface area contributed by atoms with E-state index in [1.807, 2.05) is 0 Å². The van der Waals surface area contributed by atoms with E-state index in [1.165, 1.54) is 45.2 Å². The average molecular weight is 181 g/mol. The summed E-state index contributed by atoms with van der Waals surface area (Å²) >= 11 is 0. The molecule has 0 aromatic rings. The summed E-state index contributed by atoms with van der Waals surface area (Å²) in [5, 5.41) is 3.49. The molecule has 1 heterocycles. The van der Waals surface area contributed by atoms with E-state index in [-0.39, 0.29) is 0 Å². The quantitative estimate of drug-likeness (QED) is 0.606. The SMILES string of the molecule is CC1CCC(C)C2(CCNCC2)C1. The Labute approximate surface area is 82.3 Å². The molecule has 2 atom stereocenters. The van der Waals surface area contributed by atoms with Crippen LogP contribution in [0, 0.1) is 17.3 Å². The van der Waals surface area contributed by atoms with Crippen molar-refractivity contribution in [3.8, 4) is 0 Å². The van der Waals surface area contributed by atoms with Crippen molar-refractivity contribution in [2.24, 2.45) is 17.3 Å². The van der Waals surface area contributed by atoms with Gasteiger partial charge in [-0.25, -0.2) is 0 Å². The molecule has 2 unspecified atom stereocenters. The van der Waals surface area contributed by atoms with Crippen LogP contribution >= 0.6 is 0 Å². The number of nitrogens with one attached hydrogen (secondary N) is 1. The van der Waals surface area contributed by atoms with Crippen LogP contribution in [0.5, 0.6) is 0 Å². The summed E-state index contributed by atoms with van der Waals surface area (Å²) < 4.78 is 0. The van der Waals surface area contributed by atoms with E-state index < -0.39 is 0 Å². The zero-order valence-corrected chi connectivity index (χ0v) is 9.10. The molecule has 2 aliphatic rings. The molecule has 2 rings (SSSR count). The average Bonchev–Trinajstić information content (AvgIpc) is 2.14. The van der Waals surface area contributed by atoms with Gasteiger partial charge >= 0.3 is 0 Å². The van der Waals surface area contributed by atoms with E-state index in [0.29, 0.717) is 0 Å². The molecule has 2 fully saturated rings. The third kappa shape index (κ3) is 1.76. The first-order valence-electron chi connectivity index (χ1n) is 5.94. The van der Waals surface area contributed by atoms with Gasteiger partial charge in [-0.1, -0.05) is 20.3 Å². The maximum atomic E-state index is 3.49. The van der Waals surface area contributed by atoms with Gasteiger partial charge in [0.25, 0.3) is 0 Å². The van der Waals surface area contributed by atoms with Gasteiger partial charge in [-0.15, -0.1) is 0 Å². The molecule has 1 aliphatic carbocycles. The van der Waals surface area contributed by atoms with Gasteiger partial charge < -0.3 is 5.32 Å². The molecule has 0 radical (unpaired) electrons. The second kappa shape index (κ2) is 3.61. The van der Waals surface area contributed by atoms with Gasteiger partial charge in [-0.2, -0.15) is 0 Å². The highest BCUT2D eigenvalue weighted by Crippen LogP contribution is 2.49. The van der Waals surface area contributed by atoms with Crippen LogP contribution in [0.15, 0.2) is 0 Å². The Kier molecular flexibility index (Phi) is 2.64. The highest BCUT2D eigenvalue weighted by Gasteiger charge is 2.40. The second-order valence-corrected chi connectivity index (χ2v) is 5.40. The van der Waals surface area contributed by atoms with Crippen LogP contribution in [0.3, 0.4) is 0 Å². The van der Waals surface area contributed by atoms with Crippen LogP contribution in [0.25, 0.3) is 0 Å². The van der Waals surface area contributed by atoms with Crippen molar-refractivity contribution in [3.63, 3.8) is 0 Å². The Morgan fingerprint density at radius 2 is 1.77 bits per heavy atom. The normalized spacial score (nSPS) is 39.2. The fraction of sp³-hybridized carbons (Fsp3) is 1.00. The van der Waals surface area contributed by atoms with Gasteiger partial charge in [0, 0.05) is 0 Å². The first-order valence-corrected chi connectivity index (χ1v) is 5.94. The fourth-order valence-electron chi connectivity index (χ4n) is 3.46. The molecule has 1 saturated heterocycles. The summed E-state index contributed by atoms with van der Waals surface area (Å²) in [6.07, 6.45) is 7.30. The van der Waals surface area contributed by atoms with Gasteiger partial charge in [0.1, 0.15) is 0 Å². The van der Waals surface area contributed by atoms with Crippen molar-refractivity contribution in [3.05, 3.63) is 0 Å². The zero-order chi connectivity index (χ0) is 9.31. The molecule has 1 N–H and O–H groups in total. The third-order valence-electron chi connectivity index (χ3n) is 4.49. The monoisotopic (exact) mass is 181 g/mol. The van der Waals surface area contributed by atoms with Crippen molar-refractivity contribution in [2.75, 3.05) is 13.1 Å². The smallest absolute Gasteiger partial charge is 0.00435 e. The summed E-state index contributed by atoms with van der Waals surface area (Å²) in [6.45, 7) is 7.45. The van der Waals surface area contributed by atoms with Crippen molar-refractivity contribution in [1.82, 2.24) is 5.32 Å². The fourth-order valence-corrected chi connectivity index (χ4v) is 3.46. The van der Waals surface area contributed by atoms with Crippen LogP contribution in [0.1, 0.15) is 46.0 Å². The summed E-state index contributed by atoms with van der Waals surface area (Å²) in [5.41, 5.74) is 0.725. The van der Waals surface area contributed by atoms with Gasteiger partial charge in [0.15, 0.2) is 0 Å². The zero-order valence-electron chi connectivity index (χ0n) is 9.10. The Morgan fingerprint density at radius 1 is 1.08 bits per heavy atom. The number of hydrogen-bond donors (Lipinski definition) is 1. The van der Waals surface area contributed by atoms with Crippen LogP contribution in [0.4, 0.5) is 0 Å². The lowest BCUT2D eigenvalue weighted by molar-refractivity contribution is 0.0408. The molecule has 1 aliphatic heterocycles. The standard InChI is InChI=1S/C12H23N/c1-10-3-4-11(2)12(9-10)5-7-13-8-6-12/h10-11,13H,3-9H2,1-2H3. The van der Waals surface area contributed by atoms with Gasteiger partial charge in [0.2, 0.25) is 0 Å². The molecule has 1 heteroatoms. The van der Waals surface area contributed by atoms with Crippen LogP contribution in [-0.4, -0.2) is 13.1 Å². The van der Waals surface area contributed by atoms with Crippen LogP contribution in [0.2, 0.25) is 0 Å². The Balaban J connectivity index is 2.07. The highest BCUT2D eigenvalue weighted by atomic mass is 14.9. The predicted molar refractivity (Wildman–Crippen MR) is 56.7 cm³/mol. The van der Waals surface area contributed by atoms with E-state index >= 15 is 0 Å². The maximum Gasteiger partial charge on any atom is -0.00435 e. The van der Waals surface area contributed by atoms with Crippen molar-refractivity contribution < 1.29 is 0 Å². The summed E-state index contributed by atoms with van der Waals surface area (Å²) in [5.74, 6) is 1.96. The molecular formula is C12H23N. The first kappa shape index (κ1) is 9.51.